The van der Waals surface area contributed by atoms with E-state index in [1.165, 1.54) is 0 Å². The number of carbonyl (C=O) groups is 1. The van der Waals surface area contributed by atoms with Crippen molar-refractivity contribution in [3.63, 3.8) is 0 Å². The predicted molar refractivity (Wildman–Crippen MR) is 65.4 cm³/mol. The molecule has 1 aromatic carbocycles. The van der Waals surface area contributed by atoms with Crippen molar-refractivity contribution in [2.75, 3.05) is 11.9 Å². The van der Waals surface area contributed by atoms with Crippen molar-refractivity contribution in [3.05, 3.63) is 29.8 Å². The smallest absolute Gasteiger partial charge is 0.143 e. The predicted octanol–water partition coefficient (Wildman–Crippen LogP) is 2.57. The lowest BCUT2D eigenvalue weighted by Gasteiger charge is -2.07. The minimum Gasteiger partial charge on any atom is -0.384 e. The molecule has 1 aliphatic heterocycles. The highest BCUT2D eigenvalue weighted by Crippen LogP contribution is 2.32. The average molecular weight is 213 g/mol. The van der Waals surface area contributed by atoms with Crippen LogP contribution < -0.4 is 5.32 Å². The van der Waals surface area contributed by atoms with E-state index < -0.39 is 0 Å². The van der Waals surface area contributed by atoms with E-state index in [0.717, 1.165) is 17.8 Å². The SMILES string of the molecule is CC#CCCC(=O)C1CNc2ccccc21. The van der Waals surface area contributed by atoms with Crippen LogP contribution in [0.1, 0.15) is 31.2 Å². The molecule has 1 N–H and O–H groups in total. The molecule has 1 heterocycles. The fourth-order valence-corrected chi connectivity index (χ4v) is 2.06. The molecule has 0 radical (unpaired) electrons. The zero-order chi connectivity index (χ0) is 11.4. The lowest BCUT2D eigenvalue weighted by molar-refractivity contribution is -0.120. The molecule has 0 aliphatic carbocycles. The molecule has 1 aliphatic rings. The van der Waals surface area contributed by atoms with Crippen LogP contribution in [0.2, 0.25) is 0 Å². The van der Waals surface area contributed by atoms with E-state index in [9.17, 15) is 4.79 Å². The highest BCUT2D eigenvalue weighted by Gasteiger charge is 2.26. The molecule has 0 amide bonds. The minimum absolute atomic E-state index is 0.0230. The van der Waals surface area contributed by atoms with E-state index in [4.69, 9.17) is 0 Å². The summed E-state index contributed by atoms with van der Waals surface area (Å²) >= 11 is 0. The van der Waals surface area contributed by atoms with Crippen LogP contribution in [0.3, 0.4) is 0 Å². The van der Waals surface area contributed by atoms with Gasteiger partial charge in [-0.2, -0.15) is 0 Å². The number of hydrogen-bond donors (Lipinski definition) is 1. The Morgan fingerprint density at radius 1 is 1.50 bits per heavy atom. The number of para-hydroxylation sites is 1. The number of rotatable bonds is 3. The van der Waals surface area contributed by atoms with Gasteiger partial charge in [0.05, 0.1) is 5.92 Å². The van der Waals surface area contributed by atoms with Gasteiger partial charge < -0.3 is 5.32 Å². The number of fused-ring (bicyclic) bond motifs is 1. The van der Waals surface area contributed by atoms with Crippen LogP contribution in [0, 0.1) is 11.8 Å². The standard InChI is InChI=1S/C14H15NO/c1-2-3-4-9-14(16)12-10-15-13-8-6-5-7-11(12)13/h5-8,12,15H,4,9-10H2,1H3. The number of carbonyl (C=O) groups excluding carboxylic acids is 1. The topological polar surface area (TPSA) is 29.1 Å². The van der Waals surface area contributed by atoms with Crippen molar-refractivity contribution < 1.29 is 4.79 Å². The van der Waals surface area contributed by atoms with Gasteiger partial charge in [0.15, 0.2) is 0 Å². The Kier molecular flexibility index (Phi) is 3.26. The molecule has 2 rings (SSSR count). The van der Waals surface area contributed by atoms with Crippen LogP contribution in [-0.2, 0) is 4.79 Å². The van der Waals surface area contributed by atoms with Crippen LogP contribution in [0.4, 0.5) is 5.69 Å². The third-order valence-electron chi connectivity index (χ3n) is 2.89. The summed E-state index contributed by atoms with van der Waals surface area (Å²) in [5, 5.41) is 3.26. The average Bonchev–Trinajstić information content (AvgIpc) is 2.73. The summed E-state index contributed by atoms with van der Waals surface area (Å²) in [7, 11) is 0. The van der Waals surface area contributed by atoms with Crippen molar-refractivity contribution in [1.82, 2.24) is 0 Å². The lowest BCUT2D eigenvalue weighted by atomic mass is 9.94. The molecular weight excluding hydrogens is 198 g/mol. The minimum atomic E-state index is 0.0230. The van der Waals surface area contributed by atoms with Gasteiger partial charge in [-0.1, -0.05) is 18.2 Å². The largest absolute Gasteiger partial charge is 0.384 e. The Labute approximate surface area is 96.1 Å². The molecule has 0 saturated carbocycles. The van der Waals surface area contributed by atoms with Crippen LogP contribution in [0.25, 0.3) is 0 Å². The van der Waals surface area contributed by atoms with Crippen LogP contribution in [-0.4, -0.2) is 12.3 Å². The van der Waals surface area contributed by atoms with Gasteiger partial charge in [-0.3, -0.25) is 4.79 Å². The molecule has 0 fully saturated rings. The van der Waals surface area contributed by atoms with Crippen LogP contribution in [0.5, 0.6) is 0 Å². The first-order valence-corrected chi connectivity index (χ1v) is 5.58. The first-order chi connectivity index (χ1) is 7.83. The van der Waals surface area contributed by atoms with E-state index in [2.05, 4.69) is 17.2 Å². The molecule has 1 unspecified atom stereocenters. The van der Waals surface area contributed by atoms with E-state index in [0.29, 0.717) is 18.6 Å². The number of nitrogens with one attached hydrogen (secondary N) is 1. The van der Waals surface area contributed by atoms with Gasteiger partial charge in [0.2, 0.25) is 0 Å². The maximum atomic E-state index is 12.0. The number of benzene rings is 1. The summed E-state index contributed by atoms with van der Waals surface area (Å²) in [6.45, 7) is 2.54. The maximum Gasteiger partial charge on any atom is 0.143 e. The Balaban J connectivity index is 2.06. The van der Waals surface area contributed by atoms with Gasteiger partial charge >= 0.3 is 0 Å². The van der Waals surface area contributed by atoms with E-state index in [1.54, 1.807) is 6.92 Å². The highest BCUT2D eigenvalue weighted by atomic mass is 16.1. The quantitative estimate of drug-likeness (QED) is 0.782. The first kappa shape index (κ1) is 10.8. The molecule has 0 saturated heterocycles. The molecular formula is C14H15NO. The summed E-state index contributed by atoms with van der Waals surface area (Å²) in [6, 6.07) is 8.02. The van der Waals surface area contributed by atoms with E-state index in [-0.39, 0.29) is 5.92 Å². The van der Waals surface area contributed by atoms with Crippen molar-refractivity contribution in [1.29, 1.82) is 0 Å². The monoisotopic (exact) mass is 213 g/mol. The second-order valence-electron chi connectivity index (χ2n) is 3.91. The van der Waals surface area contributed by atoms with E-state index >= 15 is 0 Å². The summed E-state index contributed by atoms with van der Waals surface area (Å²) in [5.41, 5.74) is 2.24. The number of anilines is 1. The van der Waals surface area contributed by atoms with E-state index in [1.807, 2.05) is 24.3 Å². The third kappa shape index (κ3) is 2.09. The normalized spacial score (nSPS) is 16.9. The Hall–Kier alpha value is -1.75. The molecule has 0 bridgehead atoms. The summed E-state index contributed by atoms with van der Waals surface area (Å²) in [4.78, 5) is 12.0. The second kappa shape index (κ2) is 4.85. The molecule has 1 aromatic rings. The van der Waals surface area contributed by atoms with Crippen LogP contribution >= 0.6 is 0 Å². The van der Waals surface area contributed by atoms with Gasteiger partial charge in [-0.25, -0.2) is 0 Å². The van der Waals surface area contributed by atoms with Crippen molar-refractivity contribution >= 4 is 11.5 Å². The summed E-state index contributed by atoms with van der Waals surface area (Å²) in [6.07, 6.45) is 1.23. The highest BCUT2D eigenvalue weighted by molar-refractivity contribution is 5.89. The molecule has 2 nitrogen and oxygen atoms in total. The zero-order valence-corrected chi connectivity index (χ0v) is 9.42. The van der Waals surface area contributed by atoms with Crippen LogP contribution in [0.15, 0.2) is 24.3 Å². The molecule has 1 atom stereocenters. The summed E-state index contributed by atoms with van der Waals surface area (Å²) in [5.74, 6) is 6.07. The van der Waals surface area contributed by atoms with Crippen molar-refractivity contribution in [2.24, 2.45) is 0 Å². The number of ketones is 1. The molecule has 82 valence electrons. The fourth-order valence-electron chi connectivity index (χ4n) is 2.06. The first-order valence-electron chi connectivity index (χ1n) is 5.58. The zero-order valence-electron chi connectivity index (χ0n) is 9.42. The molecule has 0 spiro atoms. The van der Waals surface area contributed by atoms with Gasteiger partial charge in [0.1, 0.15) is 5.78 Å². The van der Waals surface area contributed by atoms with Gasteiger partial charge in [0.25, 0.3) is 0 Å². The van der Waals surface area contributed by atoms with Crippen molar-refractivity contribution in [2.45, 2.75) is 25.7 Å². The number of Topliss-reactive ketones (excluding diaryl/α,β-unsaturated/α-hetero) is 1. The second-order valence-corrected chi connectivity index (χ2v) is 3.91. The Morgan fingerprint density at radius 3 is 3.12 bits per heavy atom. The maximum absolute atomic E-state index is 12.0. The van der Waals surface area contributed by atoms with Crippen molar-refractivity contribution in [3.8, 4) is 11.8 Å². The molecule has 16 heavy (non-hydrogen) atoms. The number of hydrogen-bond acceptors (Lipinski definition) is 2. The summed E-state index contributed by atoms with van der Waals surface area (Å²) < 4.78 is 0. The Morgan fingerprint density at radius 2 is 2.31 bits per heavy atom. The Bertz CT molecular complexity index is 453. The van der Waals surface area contributed by atoms with Gasteiger partial charge in [0, 0.05) is 25.1 Å². The fraction of sp³-hybridized carbons (Fsp3) is 0.357. The van der Waals surface area contributed by atoms with Gasteiger partial charge in [-0.05, 0) is 18.6 Å². The molecule has 2 heteroatoms. The third-order valence-corrected chi connectivity index (χ3v) is 2.89. The van der Waals surface area contributed by atoms with Gasteiger partial charge in [-0.15, -0.1) is 11.8 Å². The lowest BCUT2D eigenvalue weighted by Crippen LogP contribution is -2.14. The molecule has 0 aromatic heterocycles.